The Hall–Kier alpha value is -4.40. The van der Waals surface area contributed by atoms with Gasteiger partial charge in [-0.05, 0) is 71.4 Å². The van der Waals surface area contributed by atoms with Crippen LogP contribution in [0.2, 0.25) is 0 Å². The van der Waals surface area contributed by atoms with Crippen LogP contribution in [0.15, 0.2) is 79.1 Å². The molecule has 3 aromatic carbocycles. The Bertz CT molecular complexity index is 1220. The van der Waals surface area contributed by atoms with E-state index in [1.807, 2.05) is 19.1 Å². The maximum atomic E-state index is 13.0. The number of benzene rings is 3. The Balaban J connectivity index is 1.42. The Morgan fingerprint density at radius 3 is 2.34 bits per heavy atom. The van der Waals surface area contributed by atoms with Gasteiger partial charge in [-0.1, -0.05) is 24.3 Å². The van der Waals surface area contributed by atoms with Crippen molar-refractivity contribution in [3.05, 3.63) is 102 Å². The van der Waals surface area contributed by atoms with Crippen molar-refractivity contribution in [1.82, 2.24) is 25.5 Å². The van der Waals surface area contributed by atoms with Gasteiger partial charge in [-0.2, -0.15) is 4.68 Å². The molecular formula is C23H19FN6O2. The van der Waals surface area contributed by atoms with Crippen LogP contribution in [0.1, 0.15) is 39.2 Å². The minimum Gasteiger partial charge on any atom is -0.345 e. The summed E-state index contributed by atoms with van der Waals surface area (Å²) in [5.41, 5.74) is 2.82. The number of rotatable bonds is 6. The summed E-state index contributed by atoms with van der Waals surface area (Å²) < 4.78 is 14.4. The fraction of sp³-hybridized carbons (Fsp3) is 0.0870. The first-order valence-corrected chi connectivity index (χ1v) is 9.81. The second-order valence-corrected chi connectivity index (χ2v) is 7.05. The van der Waals surface area contributed by atoms with Gasteiger partial charge in [0.15, 0.2) is 0 Å². The lowest BCUT2D eigenvalue weighted by atomic mass is 10.1. The number of nitrogens with zero attached hydrogens (tertiary/aromatic N) is 4. The van der Waals surface area contributed by atoms with E-state index in [0.29, 0.717) is 22.5 Å². The van der Waals surface area contributed by atoms with Crippen LogP contribution >= 0.6 is 0 Å². The molecule has 0 bridgehead atoms. The number of tetrazole rings is 1. The first-order chi connectivity index (χ1) is 15.5. The van der Waals surface area contributed by atoms with Gasteiger partial charge < -0.3 is 10.6 Å². The predicted molar refractivity (Wildman–Crippen MR) is 116 cm³/mol. The predicted octanol–water partition coefficient (Wildman–Crippen LogP) is 3.54. The highest BCUT2D eigenvalue weighted by Crippen LogP contribution is 2.19. The van der Waals surface area contributed by atoms with Gasteiger partial charge in [-0.25, -0.2) is 4.39 Å². The lowest BCUT2D eigenvalue weighted by molar-refractivity contribution is 0.0939. The van der Waals surface area contributed by atoms with Crippen molar-refractivity contribution >= 4 is 17.5 Å². The highest BCUT2D eigenvalue weighted by molar-refractivity contribution is 6.04. The first kappa shape index (κ1) is 20.9. The van der Waals surface area contributed by atoms with Crippen LogP contribution in [0.3, 0.4) is 0 Å². The maximum Gasteiger partial charge on any atom is 0.255 e. The Labute approximate surface area is 183 Å². The number of carbonyl (C=O) groups excluding carboxylic acids is 2. The number of aromatic nitrogens is 4. The van der Waals surface area contributed by atoms with Crippen molar-refractivity contribution in [2.24, 2.45) is 0 Å². The van der Waals surface area contributed by atoms with E-state index < -0.39 is 5.82 Å². The van der Waals surface area contributed by atoms with Gasteiger partial charge in [-0.15, -0.1) is 5.10 Å². The molecule has 32 heavy (non-hydrogen) atoms. The van der Waals surface area contributed by atoms with Crippen LogP contribution in [-0.4, -0.2) is 32.0 Å². The summed E-state index contributed by atoms with van der Waals surface area (Å²) in [6.07, 6.45) is 1.43. The molecule has 2 amide bonds. The molecule has 4 rings (SSSR count). The zero-order valence-corrected chi connectivity index (χ0v) is 17.1. The fourth-order valence-electron chi connectivity index (χ4n) is 3.15. The third-order valence-electron chi connectivity index (χ3n) is 4.87. The van der Waals surface area contributed by atoms with E-state index in [2.05, 4.69) is 26.2 Å². The lowest BCUT2D eigenvalue weighted by Crippen LogP contribution is -2.27. The largest absolute Gasteiger partial charge is 0.345 e. The third kappa shape index (κ3) is 4.67. The fourth-order valence-corrected chi connectivity index (χ4v) is 3.15. The average Bonchev–Trinajstić information content (AvgIpc) is 3.35. The highest BCUT2D eigenvalue weighted by Gasteiger charge is 2.16. The number of nitrogens with one attached hydrogen (secondary N) is 2. The van der Waals surface area contributed by atoms with Gasteiger partial charge in [0, 0.05) is 11.3 Å². The zero-order valence-electron chi connectivity index (χ0n) is 17.1. The quantitative estimate of drug-likeness (QED) is 0.487. The van der Waals surface area contributed by atoms with Crippen molar-refractivity contribution in [2.75, 3.05) is 5.32 Å². The molecule has 1 atom stereocenters. The number of hydrogen-bond donors (Lipinski definition) is 2. The summed E-state index contributed by atoms with van der Waals surface area (Å²) in [5.74, 6) is -1.00. The molecule has 1 aromatic heterocycles. The van der Waals surface area contributed by atoms with Crippen LogP contribution in [0, 0.1) is 5.82 Å². The smallest absolute Gasteiger partial charge is 0.255 e. The number of carbonyl (C=O) groups is 2. The Morgan fingerprint density at radius 2 is 1.66 bits per heavy atom. The molecule has 0 saturated carbocycles. The molecule has 160 valence electrons. The van der Waals surface area contributed by atoms with Crippen LogP contribution in [-0.2, 0) is 0 Å². The maximum absolute atomic E-state index is 13.0. The van der Waals surface area contributed by atoms with Crippen molar-refractivity contribution in [3.63, 3.8) is 0 Å². The SMILES string of the molecule is CC(NC(=O)c1ccccc1-n1cnnn1)c1ccc(NC(=O)c2ccc(F)cc2)cc1. The molecular weight excluding hydrogens is 411 g/mol. The Kier molecular flexibility index (Phi) is 5.98. The highest BCUT2D eigenvalue weighted by atomic mass is 19.1. The lowest BCUT2D eigenvalue weighted by Gasteiger charge is -2.16. The van der Waals surface area contributed by atoms with E-state index in [0.717, 1.165) is 5.56 Å². The summed E-state index contributed by atoms with van der Waals surface area (Å²) in [5, 5.41) is 16.8. The van der Waals surface area contributed by atoms with E-state index >= 15 is 0 Å². The van der Waals surface area contributed by atoms with Crippen LogP contribution in [0.5, 0.6) is 0 Å². The van der Waals surface area contributed by atoms with Gasteiger partial charge in [0.1, 0.15) is 12.1 Å². The molecule has 2 N–H and O–H groups in total. The summed E-state index contributed by atoms with van der Waals surface area (Å²) in [4.78, 5) is 25.1. The minimum atomic E-state index is -0.400. The molecule has 0 radical (unpaired) electrons. The standard InChI is InChI=1S/C23H19FN6O2/c1-15(26-23(32)20-4-2-3-5-21(20)30-14-25-28-29-30)16-8-12-19(13-9-16)27-22(31)17-6-10-18(24)11-7-17/h2-15H,1H3,(H,26,32)(H,27,31). The molecule has 1 unspecified atom stereocenters. The number of para-hydroxylation sites is 1. The number of hydrogen-bond acceptors (Lipinski definition) is 5. The number of halogens is 1. The molecule has 9 heteroatoms. The molecule has 0 aliphatic heterocycles. The monoisotopic (exact) mass is 430 g/mol. The van der Waals surface area contributed by atoms with Crippen LogP contribution in [0.25, 0.3) is 5.69 Å². The van der Waals surface area contributed by atoms with E-state index in [4.69, 9.17) is 0 Å². The molecule has 4 aromatic rings. The van der Waals surface area contributed by atoms with Crippen molar-refractivity contribution in [3.8, 4) is 5.69 Å². The number of amides is 2. The van der Waals surface area contributed by atoms with Gasteiger partial charge in [0.25, 0.3) is 11.8 Å². The van der Waals surface area contributed by atoms with Crippen molar-refractivity contribution < 1.29 is 14.0 Å². The second kappa shape index (κ2) is 9.17. The molecule has 8 nitrogen and oxygen atoms in total. The molecule has 0 spiro atoms. The van der Waals surface area contributed by atoms with Gasteiger partial charge >= 0.3 is 0 Å². The average molecular weight is 430 g/mol. The number of anilines is 1. The van der Waals surface area contributed by atoms with Gasteiger partial charge in [0.05, 0.1) is 17.3 Å². The summed E-state index contributed by atoms with van der Waals surface area (Å²) in [7, 11) is 0. The molecule has 1 heterocycles. The molecule has 0 fully saturated rings. The topological polar surface area (TPSA) is 102 Å². The van der Waals surface area contributed by atoms with Crippen LogP contribution < -0.4 is 10.6 Å². The van der Waals surface area contributed by atoms with Crippen molar-refractivity contribution in [1.29, 1.82) is 0 Å². The van der Waals surface area contributed by atoms with Crippen molar-refractivity contribution in [2.45, 2.75) is 13.0 Å². The van der Waals surface area contributed by atoms with Gasteiger partial charge in [-0.3, -0.25) is 9.59 Å². The summed E-state index contributed by atoms with van der Waals surface area (Å²) in [6, 6.07) is 19.2. The third-order valence-corrected chi connectivity index (χ3v) is 4.87. The summed E-state index contributed by atoms with van der Waals surface area (Å²) in [6.45, 7) is 1.86. The van der Waals surface area contributed by atoms with E-state index in [1.165, 1.54) is 35.3 Å². The van der Waals surface area contributed by atoms with E-state index in [-0.39, 0.29) is 17.9 Å². The minimum absolute atomic E-state index is 0.266. The molecule has 0 aliphatic carbocycles. The first-order valence-electron chi connectivity index (χ1n) is 9.81. The van der Waals surface area contributed by atoms with E-state index in [1.54, 1.807) is 36.4 Å². The summed E-state index contributed by atoms with van der Waals surface area (Å²) >= 11 is 0. The molecule has 0 aliphatic rings. The normalized spacial score (nSPS) is 11.6. The van der Waals surface area contributed by atoms with Gasteiger partial charge in [0.2, 0.25) is 0 Å². The zero-order chi connectivity index (χ0) is 22.5. The van der Waals surface area contributed by atoms with E-state index in [9.17, 15) is 14.0 Å². The second-order valence-electron chi connectivity index (χ2n) is 7.05. The van der Waals surface area contributed by atoms with Crippen LogP contribution in [0.4, 0.5) is 10.1 Å². The molecule has 0 saturated heterocycles. The Morgan fingerprint density at radius 1 is 0.938 bits per heavy atom.